The second-order valence-electron chi connectivity index (χ2n) is 14.2. The molecule has 0 N–H and O–H groups in total. The van der Waals surface area contributed by atoms with E-state index in [1.165, 1.54) is 69.6 Å². The highest BCUT2D eigenvalue weighted by Gasteiger charge is 2.22. The van der Waals surface area contributed by atoms with Crippen LogP contribution in [0, 0.1) is 0 Å². The number of hydrogen-bond acceptors (Lipinski definition) is 4. The molecule has 0 amide bonds. The molecule has 12 aromatic rings. The van der Waals surface area contributed by atoms with Gasteiger partial charge in [0.1, 0.15) is 0 Å². The zero-order chi connectivity index (χ0) is 36.7. The van der Waals surface area contributed by atoms with Crippen molar-refractivity contribution in [2.45, 2.75) is 0 Å². The molecule has 0 aliphatic rings. The number of fused-ring (bicyclic) bond motifs is 9. The van der Waals surface area contributed by atoms with E-state index >= 15 is 0 Å². The summed E-state index contributed by atoms with van der Waals surface area (Å²) in [4.78, 5) is 0. The van der Waals surface area contributed by atoms with Crippen molar-refractivity contribution in [3.8, 4) is 45.4 Å². The fourth-order valence-corrected chi connectivity index (χ4v) is 9.89. The number of para-hydroxylation sites is 3. The van der Waals surface area contributed by atoms with E-state index in [1.54, 1.807) is 0 Å². The number of thiophene rings is 1. The van der Waals surface area contributed by atoms with Crippen LogP contribution in [0.5, 0.6) is 0 Å². The van der Waals surface area contributed by atoms with Gasteiger partial charge in [-0.2, -0.15) is 0 Å². The van der Waals surface area contributed by atoms with E-state index in [4.69, 9.17) is 4.42 Å². The zero-order valence-electron chi connectivity index (χ0n) is 29.9. The van der Waals surface area contributed by atoms with Gasteiger partial charge in [-0.1, -0.05) is 103 Å². The summed E-state index contributed by atoms with van der Waals surface area (Å²) in [5, 5.41) is 16.2. The van der Waals surface area contributed by atoms with Crippen LogP contribution in [0.3, 0.4) is 0 Å². The van der Waals surface area contributed by atoms with Gasteiger partial charge in [0.05, 0.1) is 27.8 Å². The molecule has 0 aliphatic carbocycles. The molecular formula is C50H30N4OS. The molecule has 0 atom stereocenters. The molecule has 56 heavy (non-hydrogen) atoms. The summed E-state index contributed by atoms with van der Waals surface area (Å²) in [5.74, 6) is 1.01. The molecule has 4 heterocycles. The Morgan fingerprint density at radius 1 is 0.393 bits per heavy atom. The van der Waals surface area contributed by atoms with Gasteiger partial charge in [-0.15, -0.1) is 21.5 Å². The summed E-state index contributed by atoms with van der Waals surface area (Å²) in [6.45, 7) is 0. The topological polar surface area (TPSA) is 48.8 Å². The fourth-order valence-electron chi connectivity index (χ4n) is 8.62. The highest BCUT2D eigenvalue weighted by Crippen LogP contribution is 2.46. The molecule has 0 spiro atoms. The monoisotopic (exact) mass is 734 g/mol. The fraction of sp³-hybridized carbons (Fsp3) is 0. The highest BCUT2D eigenvalue weighted by molar-refractivity contribution is 7.26. The molecule has 0 radical (unpaired) electrons. The molecule has 6 heteroatoms. The van der Waals surface area contributed by atoms with E-state index in [-0.39, 0.29) is 0 Å². The molecule has 0 aliphatic heterocycles. The van der Waals surface area contributed by atoms with Crippen LogP contribution in [0.4, 0.5) is 0 Å². The SMILES string of the molecule is c1ccc(-c2nnc(-c3ccc(-n4c5ccccc5c5cc(-c6c(-n7c8ccccc8c8ccccc87)ccc7c6sc6ccccc67)ccc54)cc3)o2)cc1. The molecule has 4 aromatic heterocycles. The number of aromatic nitrogens is 4. The zero-order valence-corrected chi connectivity index (χ0v) is 30.7. The van der Waals surface area contributed by atoms with Crippen molar-refractivity contribution in [3.63, 3.8) is 0 Å². The maximum atomic E-state index is 6.09. The van der Waals surface area contributed by atoms with Crippen molar-refractivity contribution < 1.29 is 4.42 Å². The number of rotatable bonds is 5. The van der Waals surface area contributed by atoms with Crippen molar-refractivity contribution in [1.82, 2.24) is 19.3 Å². The average Bonchev–Trinajstić information content (AvgIpc) is 4.05. The first-order valence-corrected chi connectivity index (χ1v) is 19.6. The molecule has 0 bridgehead atoms. The lowest BCUT2D eigenvalue weighted by Crippen LogP contribution is -1.98. The normalized spacial score (nSPS) is 11.9. The maximum absolute atomic E-state index is 6.09. The van der Waals surface area contributed by atoms with Crippen LogP contribution in [0.15, 0.2) is 186 Å². The summed E-state index contributed by atoms with van der Waals surface area (Å²) in [6, 6.07) is 65.0. The Hall–Kier alpha value is -7.28. The van der Waals surface area contributed by atoms with E-state index in [2.05, 4.69) is 171 Å². The minimum Gasteiger partial charge on any atom is -0.416 e. The van der Waals surface area contributed by atoms with Crippen LogP contribution in [0.2, 0.25) is 0 Å². The van der Waals surface area contributed by atoms with Gasteiger partial charge in [0.15, 0.2) is 0 Å². The van der Waals surface area contributed by atoms with E-state index in [0.717, 1.165) is 27.8 Å². The Bertz CT molecular complexity index is 3420. The van der Waals surface area contributed by atoms with Gasteiger partial charge in [-0.3, -0.25) is 0 Å². The van der Waals surface area contributed by atoms with Gasteiger partial charge in [0.2, 0.25) is 11.8 Å². The Kier molecular flexibility index (Phi) is 6.73. The van der Waals surface area contributed by atoms with Crippen molar-refractivity contribution in [1.29, 1.82) is 0 Å². The first-order valence-electron chi connectivity index (χ1n) is 18.7. The quantitative estimate of drug-likeness (QED) is 0.177. The van der Waals surface area contributed by atoms with Gasteiger partial charge in [-0.05, 0) is 84.4 Å². The van der Waals surface area contributed by atoms with E-state index < -0.39 is 0 Å². The van der Waals surface area contributed by atoms with Gasteiger partial charge in [-0.25, -0.2) is 0 Å². The predicted octanol–water partition coefficient (Wildman–Crippen LogP) is 13.6. The van der Waals surface area contributed by atoms with E-state index in [1.807, 2.05) is 41.7 Å². The van der Waals surface area contributed by atoms with Crippen molar-refractivity contribution >= 4 is 75.1 Å². The second-order valence-corrected chi connectivity index (χ2v) is 15.3. The highest BCUT2D eigenvalue weighted by atomic mass is 32.1. The lowest BCUT2D eigenvalue weighted by atomic mass is 9.98. The molecule has 0 fully saturated rings. The Labute approximate surface area is 324 Å². The van der Waals surface area contributed by atoms with Gasteiger partial charge >= 0.3 is 0 Å². The molecule has 8 aromatic carbocycles. The molecular weight excluding hydrogens is 705 g/mol. The molecule has 0 unspecified atom stereocenters. The molecule has 0 saturated carbocycles. The van der Waals surface area contributed by atoms with Crippen molar-refractivity contribution in [3.05, 3.63) is 182 Å². The Morgan fingerprint density at radius 3 is 1.62 bits per heavy atom. The largest absolute Gasteiger partial charge is 0.416 e. The number of hydrogen-bond donors (Lipinski definition) is 0. The average molecular weight is 735 g/mol. The third-order valence-electron chi connectivity index (χ3n) is 11.1. The predicted molar refractivity (Wildman–Crippen MR) is 232 cm³/mol. The van der Waals surface area contributed by atoms with Gasteiger partial charge < -0.3 is 13.6 Å². The number of benzene rings is 8. The molecule has 262 valence electrons. The second kappa shape index (κ2) is 12.1. The van der Waals surface area contributed by atoms with Gasteiger partial charge in [0.25, 0.3) is 0 Å². The minimum atomic E-state index is 0.497. The first-order chi connectivity index (χ1) is 27.8. The third-order valence-corrected chi connectivity index (χ3v) is 12.3. The smallest absolute Gasteiger partial charge is 0.248 e. The Balaban J connectivity index is 1.06. The van der Waals surface area contributed by atoms with Crippen molar-refractivity contribution in [2.24, 2.45) is 0 Å². The van der Waals surface area contributed by atoms with Crippen LogP contribution in [-0.2, 0) is 0 Å². The summed E-state index contributed by atoms with van der Waals surface area (Å²) < 4.78 is 13.5. The third kappa shape index (κ3) is 4.60. The van der Waals surface area contributed by atoms with Crippen LogP contribution < -0.4 is 0 Å². The first kappa shape index (κ1) is 31.1. The molecule has 0 saturated heterocycles. The summed E-state index contributed by atoms with van der Waals surface area (Å²) in [6.07, 6.45) is 0. The minimum absolute atomic E-state index is 0.497. The van der Waals surface area contributed by atoms with E-state index in [9.17, 15) is 0 Å². The summed E-state index contributed by atoms with van der Waals surface area (Å²) in [7, 11) is 0. The standard InChI is InChI=1S/C50H30N4OS/c1-2-12-31(13-3-1)49-51-52-50(55-49)32-22-25-34(26-23-32)53-41-18-8-6-16-37(41)40-30-33(24-28-44(40)53)47-45(29-27-39-38-17-7-11-21-46(38)56-48(39)47)54-42-19-9-4-14-35(42)36-15-5-10-20-43(36)54/h1-30H. The van der Waals surface area contributed by atoms with Gasteiger partial charge in [0, 0.05) is 64.1 Å². The summed E-state index contributed by atoms with van der Waals surface area (Å²) in [5.41, 5.74) is 11.2. The van der Waals surface area contributed by atoms with E-state index in [0.29, 0.717) is 11.8 Å². The maximum Gasteiger partial charge on any atom is 0.248 e. The number of nitrogens with zero attached hydrogens (tertiary/aromatic N) is 4. The van der Waals surface area contributed by atoms with Crippen LogP contribution in [0.1, 0.15) is 0 Å². The molecule has 5 nitrogen and oxygen atoms in total. The lowest BCUT2D eigenvalue weighted by Gasteiger charge is -2.16. The van der Waals surface area contributed by atoms with Crippen molar-refractivity contribution in [2.75, 3.05) is 0 Å². The van der Waals surface area contributed by atoms with Crippen LogP contribution in [0.25, 0.3) is 109 Å². The van der Waals surface area contributed by atoms with Crippen LogP contribution in [-0.4, -0.2) is 19.3 Å². The Morgan fingerprint density at radius 2 is 0.929 bits per heavy atom. The molecule has 12 rings (SSSR count). The van der Waals surface area contributed by atoms with Crippen LogP contribution >= 0.6 is 11.3 Å². The summed E-state index contributed by atoms with van der Waals surface area (Å²) >= 11 is 1.88. The lowest BCUT2D eigenvalue weighted by molar-refractivity contribution is 0.584.